The Balaban J connectivity index is 2.21. The summed E-state index contributed by atoms with van der Waals surface area (Å²) >= 11 is 0. The second-order valence-electron chi connectivity index (χ2n) is 3.97. The van der Waals surface area contributed by atoms with Gasteiger partial charge in [0.25, 0.3) is 5.91 Å². The first-order chi connectivity index (χ1) is 7.94. The lowest BCUT2D eigenvalue weighted by atomic mass is 10.1. The molecule has 0 aliphatic heterocycles. The van der Waals surface area contributed by atoms with Crippen molar-refractivity contribution in [1.29, 1.82) is 0 Å². The first kappa shape index (κ1) is 11.5. The van der Waals surface area contributed by atoms with Crippen LogP contribution in [0.15, 0.2) is 18.2 Å². The number of carboxylic acid groups (broad SMARTS) is 1. The van der Waals surface area contributed by atoms with E-state index in [9.17, 15) is 18.4 Å². The summed E-state index contributed by atoms with van der Waals surface area (Å²) in [7, 11) is 0. The standard InChI is InChI=1S/C11H9F2NO3/c12-6-1-2-8(13)7(5-6)9(15)14-11(3-4-11)10(16)17/h1-2,5H,3-4H2,(H,14,15)(H,16,17). The molecule has 0 spiro atoms. The van der Waals surface area contributed by atoms with E-state index in [1.165, 1.54) is 0 Å². The Morgan fingerprint density at radius 1 is 1.29 bits per heavy atom. The van der Waals surface area contributed by atoms with Crippen molar-refractivity contribution in [3.63, 3.8) is 0 Å². The van der Waals surface area contributed by atoms with E-state index in [-0.39, 0.29) is 0 Å². The lowest BCUT2D eigenvalue weighted by molar-refractivity contribution is -0.140. The normalized spacial score (nSPS) is 16.4. The fourth-order valence-electron chi connectivity index (χ4n) is 1.47. The molecule has 1 saturated carbocycles. The number of halogens is 2. The van der Waals surface area contributed by atoms with Gasteiger partial charge in [0.15, 0.2) is 0 Å². The largest absolute Gasteiger partial charge is 0.480 e. The minimum Gasteiger partial charge on any atom is -0.480 e. The summed E-state index contributed by atoms with van der Waals surface area (Å²) in [5.74, 6) is -3.72. The van der Waals surface area contributed by atoms with E-state index < -0.39 is 34.6 Å². The summed E-state index contributed by atoms with van der Waals surface area (Å²) in [4.78, 5) is 22.4. The fraction of sp³-hybridized carbons (Fsp3) is 0.273. The zero-order valence-corrected chi connectivity index (χ0v) is 8.67. The number of carbonyl (C=O) groups excluding carboxylic acids is 1. The Hall–Kier alpha value is -1.98. The van der Waals surface area contributed by atoms with Crippen molar-refractivity contribution in [2.45, 2.75) is 18.4 Å². The first-order valence-electron chi connectivity index (χ1n) is 4.95. The summed E-state index contributed by atoms with van der Waals surface area (Å²) in [5, 5.41) is 11.0. The van der Waals surface area contributed by atoms with Crippen LogP contribution in [0.4, 0.5) is 8.78 Å². The molecule has 2 rings (SSSR count). The van der Waals surface area contributed by atoms with Gasteiger partial charge < -0.3 is 10.4 Å². The summed E-state index contributed by atoms with van der Waals surface area (Å²) in [6, 6.07) is 2.45. The number of hydrogen-bond acceptors (Lipinski definition) is 2. The number of amides is 1. The number of hydrogen-bond donors (Lipinski definition) is 2. The lowest BCUT2D eigenvalue weighted by Gasteiger charge is -2.12. The summed E-state index contributed by atoms with van der Waals surface area (Å²) in [5.41, 5.74) is -1.80. The van der Waals surface area contributed by atoms with Crippen LogP contribution in [-0.2, 0) is 4.79 Å². The van der Waals surface area contributed by atoms with Crippen molar-refractivity contribution in [2.75, 3.05) is 0 Å². The maximum absolute atomic E-state index is 13.2. The molecular weight excluding hydrogens is 232 g/mol. The zero-order chi connectivity index (χ0) is 12.6. The van der Waals surface area contributed by atoms with Gasteiger partial charge in [-0.2, -0.15) is 0 Å². The molecule has 2 N–H and O–H groups in total. The van der Waals surface area contributed by atoms with Gasteiger partial charge in [0.05, 0.1) is 5.56 Å². The molecule has 1 amide bonds. The van der Waals surface area contributed by atoms with Gasteiger partial charge in [0.2, 0.25) is 0 Å². The minimum absolute atomic E-state index is 0.297. The number of aliphatic carboxylic acids is 1. The van der Waals surface area contributed by atoms with Crippen molar-refractivity contribution < 1.29 is 23.5 Å². The molecule has 90 valence electrons. The topological polar surface area (TPSA) is 66.4 Å². The fourth-order valence-corrected chi connectivity index (χ4v) is 1.47. The van der Waals surface area contributed by atoms with Crippen LogP contribution in [0.3, 0.4) is 0 Å². The first-order valence-corrected chi connectivity index (χ1v) is 4.95. The van der Waals surface area contributed by atoms with Gasteiger partial charge in [0, 0.05) is 0 Å². The molecule has 1 aliphatic rings. The molecule has 1 fully saturated rings. The Morgan fingerprint density at radius 2 is 1.94 bits per heavy atom. The van der Waals surface area contributed by atoms with Crippen molar-refractivity contribution >= 4 is 11.9 Å². The number of rotatable bonds is 3. The van der Waals surface area contributed by atoms with Crippen LogP contribution in [0.1, 0.15) is 23.2 Å². The van der Waals surface area contributed by atoms with Gasteiger partial charge in [-0.3, -0.25) is 4.79 Å². The summed E-state index contributed by atoms with van der Waals surface area (Å²) < 4.78 is 26.1. The Labute approximate surface area is 95.2 Å². The molecule has 1 aliphatic carbocycles. The maximum Gasteiger partial charge on any atom is 0.329 e. The smallest absolute Gasteiger partial charge is 0.329 e. The molecule has 0 aromatic heterocycles. The van der Waals surface area contributed by atoms with Crippen molar-refractivity contribution in [2.24, 2.45) is 0 Å². The van der Waals surface area contributed by atoms with Gasteiger partial charge in [-0.1, -0.05) is 0 Å². The number of nitrogens with one attached hydrogen (secondary N) is 1. The van der Waals surface area contributed by atoms with Crippen LogP contribution in [-0.4, -0.2) is 22.5 Å². The van der Waals surface area contributed by atoms with E-state index in [4.69, 9.17) is 5.11 Å². The number of carboxylic acids is 1. The highest BCUT2D eigenvalue weighted by molar-refractivity contribution is 5.99. The summed E-state index contributed by atoms with van der Waals surface area (Å²) in [6.07, 6.45) is 0.593. The van der Waals surface area contributed by atoms with Gasteiger partial charge in [0.1, 0.15) is 17.2 Å². The van der Waals surface area contributed by atoms with E-state index in [2.05, 4.69) is 5.32 Å². The highest BCUT2D eigenvalue weighted by Crippen LogP contribution is 2.35. The SMILES string of the molecule is O=C(NC1(C(=O)O)CC1)c1cc(F)ccc1F. The van der Waals surface area contributed by atoms with Gasteiger partial charge in [-0.05, 0) is 31.0 Å². The zero-order valence-electron chi connectivity index (χ0n) is 8.67. The molecule has 0 heterocycles. The Kier molecular flexibility index (Phi) is 2.57. The van der Waals surface area contributed by atoms with Crippen LogP contribution < -0.4 is 5.32 Å². The molecule has 1 aromatic carbocycles. The predicted octanol–water partition coefficient (Wildman–Crippen LogP) is 1.31. The van der Waals surface area contributed by atoms with E-state index in [1.54, 1.807) is 0 Å². The molecule has 0 bridgehead atoms. The highest BCUT2D eigenvalue weighted by Gasteiger charge is 2.51. The third-order valence-electron chi connectivity index (χ3n) is 2.69. The molecule has 1 aromatic rings. The average Bonchev–Trinajstić information content (AvgIpc) is 3.02. The van der Waals surface area contributed by atoms with Crippen LogP contribution in [0.5, 0.6) is 0 Å². The van der Waals surface area contributed by atoms with Crippen molar-refractivity contribution in [1.82, 2.24) is 5.32 Å². The predicted molar refractivity (Wildman–Crippen MR) is 53.4 cm³/mol. The van der Waals surface area contributed by atoms with Crippen LogP contribution >= 0.6 is 0 Å². The van der Waals surface area contributed by atoms with E-state index in [0.717, 1.165) is 18.2 Å². The highest BCUT2D eigenvalue weighted by atomic mass is 19.1. The van der Waals surface area contributed by atoms with E-state index in [0.29, 0.717) is 12.8 Å². The van der Waals surface area contributed by atoms with Gasteiger partial charge in [-0.15, -0.1) is 0 Å². The van der Waals surface area contributed by atoms with Crippen molar-refractivity contribution in [3.8, 4) is 0 Å². The van der Waals surface area contributed by atoms with E-state index >= 15 is 0 Å². The third kappa shape index (κ3) is 2.11. The van der Waals surface area contributed by atoms with Crippen LogP contribution in [0.25, 0.3) is 0 Å². The quantitative estimate of drug-likeness (QED) is 0.838. The average molecular weight is 241 g/mol. The maximum atomic E-state index is 13.2. The second-order valence-corrected chi connectivity index (χ2v) is 3.97. The monoisotopic (exact) mass is 241 g/mol. The Morgan fingerprint density at radius 3 is 2.47 bits per heavy atom. The molecule has 17 heavy (non-hydrogen) atoms. The molecular formula is C11H9F2NO3. The number of carbonyl (C=O) groups is 2. The molecule has 4 nitrogen and oxygen atoms in total. The van der Waals surface area contributed by atoms with Crippen LogP contribution in [0.2, 0.25) is 0 Å². The van der Waals surface area contributed by atoms with Crippen molar-refractivity contribution in [3.05, 3.63) is 35.4 Å². The van der Waals surface area contributed by atoms with Gasteiger partial charge >= 0.3 is 5.97 Å². The third-order valence-corrected chi connectivity index (χ3v) is 2.69. The van der Waals surface area contributed by atoms with Gasteiger partial charge in [-0.25, -0.2) is 13.6 Å². The van der Waals surface area contributed by atoms with Crippen LogP contribution in [0, 0.1) is 11.6 Å². The summed E-state index contributed by atoms with van der Waals surface area (Å²) in [6.45, 7) is 0. The molecule has 0 saturated heterocycles. The lowest BCUT2D eigenvalue weighted by Crippen LogP contribution is -2.43. The molecule has 0 unspecified atom stereocenters. The minimum atomic E-state index is -1.31. The molecule has 0 radical (unpaired) electrons. The van der Waals surface area contributed by atoms with E-state index in [1.807, 2.05) is 0 Å². The molecule has 0 atom stereocenters. The Bertz CT molecular complexity index is 497. The second kappa shape index (κ2) is 3.80. The number of benzene rings is 1. The molecule has 6 heteroatoms.